The number of rotatable bonds is 3. The van der Waals surface area contributed by atoms with Crippen molar-refractivity contribution in [1.82, 2.24) is 0 Å². The summed E-state index contributed by atoms with van der Waals surface area (Å²) in [6.45, 7) is 0. The molecular weight excluding hydrogens is 168 g/mol. The van der Waals surface area contributed by atoms with E-state index >= 15 is 0 Å². The van der Waals surface area contributed by atoms with Crippen molar-refractivity contribution in [2.45, 2.75) is 4.90 Å². The highest BCUT2D eigenvalue weighted by Gasteiger charge is 1.95. The minimum absolute atomic E-state index is 0.136. The molecular formula is C6H6O4S. The van der Waals surface area contributed by atoms with E-state index in [0.717, 1.165) is 12.0 Å². The Balaban J connectivity index is 2.56. The maximum absolute atomic E-state index is 8.94. The Morgan fingerprint density at radius 1 is 1.36 bits per heavy atom. The van der Waals surface area contributed by atoms with E-state index in [-0.39, 0.29) is 5.75 Å². The van der Waals surface area contributed by atoms with E-state index in [1.807, 2.05) is 0 Å². The van der Waals surface area contributed by atoms with Crippen molar-refractivity contribution >= 4 is 12.0 Å². The van der Waals surface area contributed by atoms with Gasteiger partial charge in [-0.05, 0) is 18.2 Å². The molecule has 5 heteroatoms. The van der Waals surface area contributed by atoms with Crippen LogP contribution in [0.1, 0.15) is 0 Å². The summed E-state index contributed by atoms with van der Waals surface area (Å²) in [5.41, 5.74) is 0. The van der Waals surface area contributed by atoms with Gasteiger partial charge in [0.05, 0.1) is 12.0 Å². The van der Waals surface area contributed by atoms with Crippen LogP contribution >= 0.6 is 12.0 Å². The Labute approximate surface area is 67.4 Å². The molecule has 0 unspecified atom stereocenters. The van der Waals surface area contributed by atoms with Gasteiger partial charge in [0.2, 0.25) is 0 Å². The van der Waals surface area contributed by atoms with Crippen LogP contribution in [0.4, 0.5) is 0 Å². The Kier molecular flexibility index (Phi) is 3.18. The highest BCUT2D eigenvalue weighted by atomic mass is 32.2. The van der Waals surface area contributed by atoms with Crippen LogP contribution in [0.15, 0.2) is 29.2 Å². The summed E-state index contributed by atoms with van der Waals surface area (Å²) in [5.74, 6) is 0.136. The Bertz CT molecular complexity index is 228. The minimum Gasteiger partial charge on any atom is -0.508 e. The second-order valence-electron chi connectivity index (χ2n) is 1.72. The largest absolute Gasteiger partial charge is 0.508 e. The lowest BCUT2D eigenvalue weighted by atomic mass is 10.3. The second-order valence-corrected chi connectivity index (χ2v) is 2.50. The zero-order valence-electron chi connectivity index (χ0n) is 5.43. The summed E-state index contributed by atoms with van der Waals surface area (Å²) in [6.07, 6.45) is 0. The van der Waals surface area contributed by atoms with Gasteiger partial charge in [-0.3, -0.25) is 0 Å². The van der Waals surface area contributed by atoms with Gasteiger partial charge in [0.1, 0.15) is 5.75 Å². The van der Waals surface area contributed by atoms with Crippen molar-refractivity contribution in [3.05, 3.63) is 24.3 Å². The average molecular weight is 174 g/mol. The molecule has 0 fully saturated rings. The fraction of sp³-hybridized carbons (Fsp3) is 0. The highest BCUT2D eigenvalue weighted by Crippen LogP contribution is 2.22. The lowest BCUT2D eigenvalue weighted by molar-refractivity contribution is -0.432. The van der Waals surface area contributed by atoms with Crippen molar-refractivity contribution in [3.63, 3.8) is 0 Å². The van der Waals surface area contributed by atoms with Gasteiger partial charge in [0, 0.05) is 4.90 Å². The molecule has 60 valence electrons. The van der Waals surface area contributed by atoms with Crippen molar-refractivity contribution < 1.29 is 19.7 Å². The van der Waals surface area contributed by atoms with Gasteiger partial charge >= 0.3 is 0 Å². The Morgan fingerprint density at radius 2 is 2.18 bits per heavy atom. The van der Waals surface area contributed by atoms with Crippen molar-refractivity contribution in [1.29, 1.82) is 0 Å². The summed E-state index contributed by atoms with van der Waals surface area (Å²) in [6, 6.07) is 6.36. The van der Waals surface area contributed by atoms with Crippen LogP contribution in [0.25, 0.3) is 0 Å². The van der Waals surface area contributed by atoms with Gasteiger partial charge in [-0.1, -0.05) is 11.1 Å². The van der Waals surface area contributed by atoms with E-state index in [4.69, 9.17) is 10.4 Å². The molecule has 1 aromatic rings. The van der Waals surface area contributed by atoms with Crippen LogP contribution in [0, 0.1) is 0 Å². The van der Waals surface area contributed by atoms with E-state index in [9.17, 15) is 0 Å². The van der Waals surface area contributed by atoms with E-state index in [1.165, 1.54) is 12.1 Å². The monoisotopic (exact) mass is 174 g/mol. The van der Waals surface area contributed by atoms with Crippen LogP contribution in [-0.2, 0) is 9.37 Å². The highest BCUT2D eigenvalue weighted by molar-refractivity contribution is 7.94. The molecule has 0 saturated carbocycles. The maximum Gasteiger partial charge on any atom is 0.116 e. The molecule has 0 aromatic heterocycles. The molecule has 11 heavy (non-hydrogen) atoms. The number of hydrogen-bond acceptors (Lipinski definition) is 5. The third-order valence-electron chi connectivity index (χ3n) is 0.978. The van der Waals surface area contributed by atoms with Crippen LogP contribution < -0.4 is 0 Å². The fourth-order valence-corrected chi connectivity index (χ4v) is 1.00. The third kappa shape index (κ3) is 2.77. The maximum atomic E-state index is 8.94. The van der Waals surface area contributed by atoms with Gasteiger partial charge in [-0.25, -0.2) is 5.26 Å². The zero-order chi connectivity index (χ0) is 8.10. The lowest BCUT2D eigenvalue weighted by Crippen LogP contribution is -1.77. The first kappa shape index (κ1) is 8.35. The molecule has 0 heterocycles. The first-order chi connectivity index (χ1) is 5.33. The lowest BCUT2D eigenvalue weighted by Gasteiger charge is -1.96. The van der Waals surface area contributed by atoms with Crippen LogP contribution in [0.5, 0.6) is 5.75 Å². The molecule has 0 amide bonds. The molecule has 0 saturated heterocycles. The van der Waals surface area contributed by atoms with Gasteiger partial charge in [0.15, 0.2) is 0 Å². The number of hydrogen-bond donors (Lipinski definition) is 2. The normalized spacial score (nSPS) is 9.91. The predicted octanol–water partition coefficient (Wildman–Crippen LogP) is 1.82. The molecule has 0 bridgehead atoms. The second kappa shape index (κ2) is 4.20. The quantitative estimate of drug-likeness (QED) is 0.416. The molecule has 0 aliphatic rings. The standard InChI is InChI=1S/C6H6O4S/c7-5-2-1-3-6(4-5)11-10-9-8/h1-4,7-8H. The topological polar surface area (TPSA) is 58.9 Å². The number of phenolic OH excluding ortho intramolecular Hbond substituents is 1. The molecule has 0 atom stereocenters. The summed E-state index contributed by atoms with van der Waals surface area (Å²) in [4.78, 5) is 0.638. The van der Waals surface area contributed by atoms with E-state index in [0.29, 0.717) is 4.90 Å². The molecule has 4 nitrogen and oxygen atoms in total. The van der Waals surface area contributed by atoms with E-state index in [1.54, 1.807) is 12.1 Å². The molecule has 0 spiro atoms. The average Bonchev–Trinajstić information content (AvgIpc) is 2.01. The Morgan fingerprint density at radius 3 is 2.82 bits per heavy atom. The number of benzene rings is 1. The van der Waals surface area contributed by atoms with Crippen molar-refractivity contribution in [2.75, 3.05) is 0 Å². The summed E-state index contributed by atoms with van der Waals surface area (Å²) in [5, 5.41) is 20.1. The number of aromatic hydroxyl groups is 1. The molecule has 0 aliphatic heterocycles. The smallest absolute Gasteiger partial charge is 0.116 e. The Hall–Kier alpha value is -0.750. The van der Waals surface area contributed by atoms with Crippen LogP contribution in [0.3, 0.4) is 0 Å². The van der Waals surface area contributed by atoms with E-state index < -0.39 is 0 Å². The zero-order valence-corrected chi connectivity index (χ0v) is 6.25. The molecule has 1 rings (SSSR count). The summed E-state index contributed by atoms with van der Waals surface area (Å²) in [7, 11) is 0. The fourth-order valence-electron chi connectivity index (χ4n) is 0.590. The van der Waals surface area contributed by atoms with Gasteiger partial charge in [-0.2, -0.15) is 0 Å². The number of phenols is 1. The molecule has 0 aliphatic carbocycles. The van der Waals surface area contributed by atoms with Gasteiger partial charge in [-0.15, -0.1) is 4.33 Å². The van der Waals surface area contributed by atoms with Gasteiger partial charge < -0.3 is 5.11 Å². The summed E-state index contributed by atoms with van der Waals surface area (Å²) >= 11 is 0.802. The SMILES string of the molecule is OOOSc1cccc(O)c1. The van der Waals surface area contributed by atoms with E-state index in [2.05, 4.69) is 9.37 Å². The predicted molar refractivity (Wildman–Crippen MR) is 38.8 cm³/mol. The van der Waals surface area contributed by atoms with Crippen LogP contribution in [-0.4, -0.2) is 10.4 Å². The van der Waals surface area contributed by atoms with Crippen molar-refractivity contribution in [3.8, 4) is 5.75 Å². The van der Waals surface area contributed by atoms with Crippen molar-refractivity contribution in [2.24, 2.45) is 0 Å². The van der Waals surface area contributed by atoms with Crippen LogP contribution in [0.2, 0.25) is 0 Å². The summed E-state index contributed by atoms with van der Waals surface area (Å²) < 4.78 is 4.14. The minimum atomic E-state index is 0.136. The first-order valence-electron chi connectivity index (χ1n) is 2.77. The first-order valence-corrected chi connectivity index (χ1v) is 3.51. The third-order valence-corrected chi connectivity index (χ3v) is 1.55. The molecule has 1 aromatic carbocycles. The molecule has 0 radical (unpaired) electrons. The van der Waals surface area contributed by atoms with Gasteiger partial charge in [0.25, 0.3) is 0 Å². The molecule has 2 N–H and O–H groups in total.